The fourth-order valence-corrected chi connectivity index (χ4v) is 12.0. The largest absolute Gasteiger partial charge is 0.310 e. The van der Waals surface area contributed by atoms with Crippen LogP contribution in [0.1, 0.15) is 52.7 Å². The zero-order valence-corrected chi connectivity index (χ0v) is 35.4. The van der Waals surface area contributed by atoms with Gasteiger partial charge in [0.25, 0.3) is 0 Å². The van der Waals surface area contributed by atoms with Crippen molar-refractivity contribution in [2.75, 3.05) is 4.90 Å². The van der Waals surface area contributed by atoms with Crippen LogP contribution in [0.4, 0.5) is 17.1 Å². The Balaban J connectivity index is 1.09. The van der Waals surface area contributed by atoms with Gasteiger partial charge < -0.3 is 9.47 Å². The van der Waals surface area contributed by atoms with Gasteiger partial charge in [-0.1, -0.05) is 171 Å². The van der Waals surface area contributed by atoms with Crippen LogP contribution < -0.4 is 4.90 Å². The van der Waals surface area contributed by atoms with Crippen LogP contribution in [0.3, 0.4) is 0 Å². The van der Waals surface area contributed by atoms with Crippen molar-refractivity contribution >= 4 is 49.6 Å². The van der Waals surface area contributed by atoms with Gasteiger partial charge in [0, 0.05) is 38.9 Å². The van der Waals surface area contributed by atoms with Gasteiger partial charge in [-0.15, -0.1) is 0 Å². The molecule has 1 spiro atoms. The van der Waals surface area contributed by atoms with E-state index in [1.165, 1.54) is 22.3 Å². The lowest BCUT2D eigenvalue weighted by atomic mass is 9.61. The third kappa shape index (κ3) is 4.54. The lowest BCUT2D eigenvalue weighted by Gasteiger charge is -2.40. The van der Waals surface area contributed by atoms with E-state index in [4.69, 9.17) is 1.37 Å². The van der Waals surface area contributed by atoms with Gasteiger partial charge in [-0.25, -0.2) is 0 Å². The highest BCUT2D eigenvalue weighted by Gasteiger charge is 2.50. The average Bonchev–Trinajstić information content (AvgIpc) is 3.95. The van der Waals surface area contributed by atoms with Crippen LogP contribution in [0.25, 0.3) is 71.6 Å². The molecule has 0 radical (unpaired) electrons. The molecule has 2 heteroatoms. The standard InChI is InChI=1S/C62H42N2/c1-61(2)52-25-10-6-20-44(52)47-33-30-42(37-56(47)61)63(41-32-35-59-51(36-41)49-23-9-13-29-58(49)64(59)40-18-4-3-5-19-40)43-31-34-48-45-21-7-11-26-53(45)62(57(48)38-43)54-27-12-8-22-46(54)50-24-14-16-39-17-15-28-55(62)60(39)50/h3-38H,1-2H3/i7D,11D,21D,26D. The Morgan fingerprint density at radius 1 is 0.406 bits per heavy atom. The first-order chi connectivity index (χ1) is 33.2. The molecule has 14 rings (SSSR count). The normalized spacial score (nSPS) is 16.7. The smallest absolute Gasteiger partial charge is 0.0726 e. The van der Waals surface area contributed by atoms with Crippen LogP contribution in [-0.2, 0) is 10.8 Å². The molecule has 300 valence electrons. The minimum Gasteiger partial charge on any atom is -0.310 e. The summed E-state index contributed by atoms with van der Waals surface area (Å²) < 4.78 is 40.0. The Bertz CT molecular complexity index is 4010. The fourth-order valence-electron chi connectivity index (χ4n) is 12.0. The molecule has 2 nitrogen and oxygen atoms in total. The molecule has 0 bridgehead atoms. The summed E-state index contributed by atoms with van der Waals surface area (Å²) in [5.41, 5.74) is 17.2. The third-order valence-electron chi connectivity index (χ3n) is 14.7. The lowest BCUT2D eigenvalue weighted by Crippen LogP contribution is -2.32. The average molecular weight is 819 g/mol. The van der Waals surface area contributed by atoms with Gasteiger partial charge in [0.15, 0.2) is 0 Å². The van der Waals surface area contributed by atoms with E-state index in [1.807, 2.05) is 0 Å². The SMILES string of the molecule is [2H]c1c([2H])c([2H])c2c(c1[2H])-c1ccc(N(c3ccc4c(c3)C(C)(C)c3ccccc3-4)c3ccc4c(c3)c3ccccc3n4-c3ccccc3)cc1C21c2ccccc2-c2cccc3cccc1c23. The Kier molecular flexibility index (Phi) is 6.37. The van der Waals surface area contributed by atoms with E-state index in [9.17, 15) is 4.11 Å². The van der Waals surface area contributed by atoms with Crippen molar-refractivity contribution in [1.82, 2.24) is 4.57 Å². The van der Waals surface area contributed by atoms with E-state index in [0.29, 0.717) is 11.1 Å². The van der Waals surface area contributed by atoms with E-state index in [2.05, 4.69) is 217 Å². The summed E-state index contributed by atoms with van der Waals surface area (Å²) in [6.45, 7) is 4.65. The third-order valence-corrected chi connectivity index (χ3v) is 14.7. The molecule has 0 fully saturated rings. The topological polar surface area (TPSA) is 8.17 Å². The van der Waals surface area contributed by atoms with E-state index in [0.717, 1.165) is 88.7 Å². The molecule has 10 aromatic carbocycles. The second-order valence-corrected chi connectivity index (χ2v) is 18.1. The van der Waals surface area contributed by atoms with Gasteiger partial charge in [0.2, 0.25) is 0 Å². The van der Waals surface area contributed by atoms with Gasteiger partial charge in [-0.2, -0.15) is 0 Å². The molecule has 3 aliphatic carbocycles. The summed E-state index contributed by atoms with van der Waals surface area (Å²) in [4.78, 5) is 2.38. The fraction of sp³-hybridized carbons (Fsp3) is 0.0645. The molecule has 1 unspecified atom stereocenters. The molecule has 1 atom stereocenters. The van der Waals surface area contributed by atoms with Crippen molar-refractivity contribution in [3.05, 3.63) is 252 Å². The first-order valence-electron chi connectivity index (χ1n) is 24.2. The molecule has 0 amide bonds. The Hall–Kier alpha value is -7.94. The van der Waals surface area contributed by atoms with Crippen LogP contribution in [0.15, 0.2) is 218 Å². The number of rotatable bonds is 4. The number of fused-ring (bicyclic) bond motifs is 15. The van der Waals surface area contributed by atoms with Gasteiger partial charge in [0.05, 0.1) is 21.9 Å². The van der Waals surface area contributed by atoms with Crippen LogP contribution >= 0.6 is 0 Å². The minimum absolute atomic E-state index is 0.0116. The van der Waals surface area contributed by atoms with Crippen molar-refractivity contribution < 1.29 is 5.48 Å². The molecule has 0 saturated heterocycles. The van der Waals surface area contributed by atoms with Crippen molar-refractivity contribution in [2.45, 2.75) is 24.7 Å². The number of para-hydroxylation sites is 2. The molecule has 3 aliphatic rings. The molecule has 1 heterocycles. The molecule has 1 aromatic heterocycles. The minimum atomic E-state index is -1.07. The quantitative estimate of drug-likeness (QED) is 0.172. The highest BCUT2D eigenvalue weighted by molar-refractivity contribution is 6.11. The second-order valence-electron chi connectivity index (χ2n) is 18.1. The van der Waals surface area contributed by atoms with Gasteiger partial charge in [-0.05, 0) is 138 Å². The summed E-state index contributed by atoms with van der Waals surface area (Å²) in [6.07, 6.45) is 0. The van der Waals surface area contributed by atoms with Gasteiger partial charge in [-0.3, -0.25) is 0 Å². The highest BCUT2D eigenvalue weighted by Crippen LogP contribution is 2.62. The molecule has 0 saturated carbocycles. The summed E-state index contributed by atoms with van der Waals surface area (Å²) >= 11 is 0. The maximum atomic E-state index is 9.84. The number of anilines is 3. The van der Waals surface area contributed by atoms with Crippen molar-refractivity contribution in [2.24, 2.45) is 0 Å². The molecular formula is C62H42N2. The Labute approximate surface area is 378 Å². The number of nitrogens with zero attached hydrogens (tertiary/aromatic N) is 2. The second kappa shape index (κ2) is 12.8. The Morgan fingerprint density at radius 2 is 0.984 bits per heavy atom. The molecule has 64 heavy (non-hydrogen) atoms. The zero-order chi connectivity index (χ0) is 45.8. The highest BCUT2D eigenvalue weighted by atomic mass is 15.1. The summed E-state index contributed by atoms with van der Waals surface area (Å²) in [6, 6.07) is 69.1. The maximum Gasteiger partial charge on any atom is 0.0726 e. The number of hydrogen-bond acceptors (Lipinski definition) is 1. The maximum absolute atomic E-state index is 9.84. The van der Waals surface area contributed by atoms with Gasteiger partial charge in [0.1, 0.15) is 0 Å². The predicted molar refractivity (Wildman–Crippen MR) is 267 cm³/mol. The molecular weight excluding hydrogens is 773 g/mol. The van der Waals surface area contributed by atoms with Crippen LogP contribution in [-0.4, -0.2) is 4.57 Å². The number of aromatic nitrogens is 1. The van der Waals surface area contributed by atoms with Crippen LogP contribution in [0.2, 0.25) is 0 Å². The molecule has 0 aliphatic heterocycles. The molecule has 11 aromatic rings. The monoisotopic (exact) mass is 818 g/mol. The van der Waals surface area contributed by atoms with Crippen molar-refractivity contribution in [1.29, 1.82) is 0 Å². The van der Waals surface area contributed by atoms with Gasteiger partial charge >= 0.3 is 0 Å². The summed E-state index contributed by atoms with van der Waals surface area (Å²) in [5, 5.41) is 4.49. The summed E-state index contributed by atoms with van der Waals surface area (Å²) in [5.74, 6) is 0. The number of benzene rings is 10. The van der Waals surface area contributed by atoms with Crippen LogP contribution in [0, 0.1) is 0 Å². The van der Waals surface area contributed by atoms with Crippen molar-refractivity contribution in [3.8, 4) is 39.1 Å². The lowest BCUT2D eigenvalue weighted by molar-refractivity contribution is 0.660. The van der Waals surface area contributed by atoms with E-state index in [-0.39, 0.29) is 29.6 Å². The van der Waals surface area contributed by atoms with Crippen LogP contribution in [0.5, 0.6) is 0 Å². The van der Waals surface area contributed by atoms with Crippen molar-refractivity contribution in [3.63, 3.8) is 0 Å². The van der Waals surface area contributed by atoms with E-state index in [1.54, 1.807) is 0 Å². The first kappa shape index (κ1) is 31.8. The number of hydrogen-bond donors (Lipinski definition) is 0. The zero-order valence-electron chi connectivity index (χ0n) is 39.4. The predicted octanol–water partition coefficient (Wildman–Crippen LogP) is 16.1. The summed E-state index contributed by atoms with van der Waals surface area (Å²) in [7, 11) is 0. The Morgan fingerprint density at radius 3 is 1.81 bits per heavy atom. The molecule has 0 N–H and O–H groups in total. The van der Waals surface area contributed by atoms with E-state index >= 15 is 0 Å². The van der Waals surface area contributed by atoms with E-state index < -0.39 is 5.41 Å². The first-order valence-corrected chi connectivity index (χ1v) is 22.2.